The van der Waals surface area contributed by atoms with Crippen LogP contribution in [0.1, 0.15) is 30.1 Å². The van der Waals surface area contributed by atoms with Crippen molar-refractivity contribution < 1.29 is 13.9 Å². The number of benzene rings is 1. The van der Waals surface area contributed by atoms with E-state index in [9.17, 15) is 9.59 Å². The molecule has 1 aromatic carbocycles. The fraction of sp³-hybridized carbons (Fsp3) is 0.444. The number of anilines is 1. The SMILES string of the molecule is CC1CCCN1CCNC(=O)c1c(=O)c2cc(F)c(N3CCOCC3)nc2n2c3ccccc3n(C)c12. The molecule has 5 heterocycles. The molecule has 1 unspecified atom stereocenters. The summed E-state index contributed by atoms with van der Waals surface area (Å²) in [5.41, 5.74) is 1.89. The number of aryl methyl sites for hydroxylation is 1. The molecule has 2 aliphatic heterocycles. The van der Waals surface area contributed by atoms with E-state index < -0.39 is 17.2 Å². The molecule has 1 N–H and O–H groups in total. The van der Waals surface area contributed by atoms with Crippen molar-refractivity contribution in [2.75, 3.05) is 50.8 Å². The number of halogens is 1. The average molecular weight is 507 g/mol. The number of pyridine rings is 2. The van der Waals surface area contributed by atoms with Crippen LogP contribution in [-0.4, -0.2) is 76.7 Å². The van der Waals surface area contributed by atoms with Gasteiger partial charge in [-0.15, -0.1) is 0 Å². The Kier molecular flexibility index (Phi) is 6.08. The third-order valence-electron chi connectivity index (χ3n) is 7.77. The Labute approximate surface area is 213 Å². The molecule has 0 radical (unpaired) electrons. The van der Waals surface area contributed by atoms with Crippen LogP contribution in [0.15, 0.2) is 35.1 Å². The van der Waals surface area contributed by atoms with Crippen molar-refractivity contribution in [1.29, 1.82) is 0 Å². The number of rotatable bonds is 5. The van der Waals surface area contributed by atoms with Crippen molar-refractivity contribution in [2.45, 2.75) is 25.8 Å². The summed E-state index contributed by atoms with van der Waals surface area (Å²) in [4.78, 5) is 36.2. The summed E-state index contributed by atoms with van der Waals surface area (Å²) in [6, 6.07) is 9.37. The lowest BCUT2D eigenvalue weighted by Crippen LogP contribution is -2.38. The Morgan fingerprint density at radius 1 is 1.19 bits per heavy atom. The molecule has 1 atom stereocenters. The number of hydrogen-bond donors (Lipinski definition) is 1. The van der Waals surface area contributed by atoms with Gasteiger partial charge in [-0.25, -0.2) is 9.37 Å². The second-order valence-electron chi connectivity index (χ2n) is 9.96. The molecule has 2 aliphatic rings. The van der Waals surface area contributed by atoms with Crippen LogP contribution in [0, 0.1) is 5.82 Å². The number of ether oxygens (including phenoxy) is 1. The van der Waals surface area contributed by atoms with Crippen LogP contribution in [0.25, 0.3) is 27.7 Å². The van der Waals surface area contributed by atoms with E-state index >= 15 is 4.39 Å². The van der Waals surface area contributed by atoms with Crippen molar-refractivity contribution in [3.63, 3.8) is 0 Å². The molecule has 37 heavy (non-hydrogen) atoms. The number of likely N-dealkylation sites (tertiary alicyclic amines) is 1. The number of amides is 1. The zero-order valence-electron chi connectivity index (χ0n) is 21.2. The predicted octanol–water partition coefficient (Wildman–Crippen LogP) is 2.53. The van der Waals surface area contributed by atoms with Gasteiger partial charge >= 0.3 is 0 Å². The second-order valence-corrected chi connectivity index (χ2v) is 9.96. The summed E-state index contributed by atoms with van der Waals surface area (Å²) in [7, 11) is 1.83. The Morgan fingerprint density at radius 3 is 2.68 bits per heavy atom. The summed E-state index contributed by atoms with van der Waals surface area (Å²) < 4.78 is 24.4. The van der Waals surface area contributed by atoms with Crippen LogP contribution < -0.4 is 15.6 Å². The smallest absolute Gasteiger partial charge is 0.259 e. The van der Waals surface area contributed by atoms with Gasteiger partial charge in [-0.2, -0.15) is 0 Å². The van der Waals surface area contributed by atoms with Crippen LogP contribution in [0.2, 0.25) is 0 Å². The van der Waals surface area contributed by atoms with Crippen LogP contribution in [0.3, 0.4) is 0 Å². The highest BCUT2D eigenvalue weighted by Gasteiger charge is 2.27. The third kappa shape index (κ3) is 3.95. The number of carbonyl (C=O) groups excluding carboxylic acids is 1. The summed E-state index contributed by atoms with van der Waals surface area (Å²) in [6.45, 7) is 6.35. The topological polar surface area (TPSA) is 84.1 Å². The maximum atomic E-state index is 15.3. The van der Waals surface area contributed by atoms with E-state index in [2.05, 4.69) is 22.1 Å². The molecule has 2 saturated heterocycles. The lowest BCUT2D eigenvalue weighted by Gasteiger charge is -2.28. The molecule has 10 heteroatoms. The Balaban J connectivity index is 1.52. The number of imidazole rings is 1. The second kappa shape index (κ2) is 9.42. The molecule has 6 rings (SSSR count). The lowest BCUT2D eigenvalue weighted by molar-refractivity contribution is 0.0947. The first kappa shape index (κ1) is 23.9. The maximum Gasteiger partial charge on any atom is 0.259 e. The number of para-hydroxylation sites is 2. The third-order valence-corrected chi connectivity index (χ3v) is 7.77. The van der Waals surface area contributed by atoms with Crippen LogP contribution >= 0.6 is 0 Å². The fourth-order valence-electron chi connectivity index (χ4n) is 5.78. The van der Waals surface area contributed by atoms with E-state index in [0.717, 1.165) is 37.0 Å². The first-order valence-corrected chi connectivity index (χ1v) is 12.9. The standard InChI is InChI=1S/C27H31FN6O3/c1-17-6-5-10-32(17)11-9-29-26(36)22-23(35)18-16-19(28)25(33-12-14-37-15-13-33)30-24(18)34-21-8-4-3-7-20(21)31(2)27(22)34/h3-4,7-8,16-17H,5-6,9-15H2,1-2H3,(H,29,36). The highest BCUT2D eigenvalue weighted by Crippen LogP contribution is 2.28. The van der Waals surface area contributed by atoms with Gasteiger partial charge < -0.3 is 19.5 Å². The van der Waals surface area contributed by atoms with E-state index in [4.69, 9.17) is 4.74 Å². The Bertz CT molecular complexity index is 1570. The van der Waals surface area contributed by atoms with Gasteiger partial charge in [0.05, 0.1) is 29.6 Å². The van der Waals surface area contributed by atoms with Gasteiger partial charge in [-0.1, -0.05) is 12.1 Å². The van der Waals surface area contributed by atoms with Gasteiger partial charge in [-0.05, 0) is 44.5 Å². The summed E-state index contributed by atoms with van der Waals surface area (Å²) in [5, 5.41) is 3.03. The van der Waals surface area contributed by atoms with Crippen molar-refractivity contribution in [1.82, 2.24) is 24.2 Å². The van der Waals surface area contributed by atoms with E-state index in [-0.39, 0.29) is 16.8 Å². The minimum Gasteiger partial charge on any atom is -0.378 e. The molecule has 0 spiro atoms. The van der Waals surface area contributed by atoms with Crippen LogP contribution in [-0.2, 0) is 11.8 Å². The van der Waals surface area contributed by atoms with Gasteiger partial charge in [-0.3, -0.25) is 18.9 Å². The molecule has 0 aliphatic carbocycles. The Hall–Kier alpha value is -3.50. The predicted molar refractivity (Wildman–Crippen MR) is 141 cm³/mol. The van der Waals surface area contributed by atoms with E-state index in [1.807, 2.05) is 45.2 Å². The van der Waals surface area contributed by atoms with Gasteiger partial charge in [0.2, 0.25) is 5.43 Å². The molecule has 4 aromatic rings. The quantitative estimate of drug-likeness (QED) is 0.448. The van der Waals surface area contributed by atoms with Crippen LogP contribution in [0.5, 0.6) is 0 Å². The minimum atomic E-state index is -0.582. The van der Waals surface area contributed by atoms with Gasteiger partial charge in [0.15, 0.2) is 17.3 Å². The number of morpholine rings is 1. The summed E-state index contributed by atoms with van der Waals surface area (Å²) >= 11 is 0. The van der Waals surface area contributed by atoms with Gasteiger partial charge in [0.25, 0.3) is 5.91 Å². The number of fused-ring (bicyclic) bond motifs is 5. The highest BCUT2D eigenvalue weighted by atomic mass is 19.1. The number of hydrogen-bond acceptors (Lipinski definition) is 6. The molecule has 9 nitrogen and oxygen atoms in total. The maximum absolute atomic E-state index is 15.3. The first-order chi connectivity index (χ1) is 18.0. The summed E-state index contributed by atoms with van der Waals surface area (Å²) in [5.74, 6) is -0.852. The van der Waals surface area contributed by atoms with Crippen molar-refractivity contribution >= 4 is 39.4 Å². The van der Waals surface area contributed by atoms with Crippen LogP contribution in [0.4, 0.5) is 10.2 Å². The molecule has 2 fully saturated rings. The molecular formula is C27H31FN6O3. The fourth-order valence-corrected chi connectivity index (χ4v) is 5.78. The summed E-state index contributed by atoms with van der Waals surface area (Å²) in [6.07, 6.45) is 2.31. The van der Waals surface area contributed by atoms with Gasteiger partial charge in [0.1, 0.15) is 11.2 Å². The highest BCUT2D eigenvalue weighted by molar-refractivity contribution is 6.05. The average Bonchev–Trinajstić information content (AvgIpc) is 3.45. The molecule has 0 bridgehead atoms. The molecule has 1 amide bonds. The van der Waals surface area contributed by atoms with E-state index in [0.29, 0.717) is 50.2 Å². The van der Waals surface area contributed by atoms with E-state index in [1.54, 1.807) is 0 Å². The largest absolute Gasteiger partial charge is 0.378 e. The zero-order valence-corrected chi connectivity index (χ0v) is 21.2. The number of carbonyl (C=O) groups is 1. The minimum absolute atomic E-state index is 0.000919. The molecular weight excluding hydrogens is 475 g/mol. The number of nitrogens with one attached hydrogen (secondary N) is 1. The van der Waals surface area contributed by atoms with Crippen molar-refractivity contribution in [2.24, 2.45) is 7.05 Å². The monoisotopic (exact) mass is 506 g/mol. The van der Waals surface area contributed by atoms with Crippen molar-refractivity contribution in [3.05, 3.63) is 51.9 Å². The van der Waals surface area contributed by atoms with Crippen molar-refractivity contribution in [3.8, 4) is 0 Å². The normalized spacial score (nSPS) is 18.9. The zero-order chi connectivity index (χ0) is 25.7. The van der Waals surface area contributed by atoms with Gasteiger partial charge in [0, 0.05) is 39.3 Å². The molecule has 194 valence electrons. The van der Waals surface area contributed by atoms with E-state index in [1.165, 1.54) is 6.07 Å². The molecule has 3 aromatic heterocycles. The number of aromatic nitrogens is 3. The number of nitrogens with zero attached hydrogens (tertiary/aromatic N) is 5. The first-order valence-electron chi connectivity index (χ1n) is 12.9. The molecule has 0 saturated carbocycles. The lowest BCUT2D eigenvalue weighted by atomic mass is 10.1. The Morgan fingerprint density at radius 2 is 1.95 bits per heavy atom.